The molecule has 0 bridgehead atoms. The van der Waals surface area contributed by atoms with Crippen LogP contribution in [0.2, 0.25) is 0 Å². The van der Waals surface area contributed by atoms with Gasteiger partial charge in [0, 0.05) is 23.8 Å². The number of hydrogen-bond donors (Lipinski definition) is 0. The summed E-state index contributed by atoms with van der Waals surface area (Å²) in [5, 5.41) is 5.76. The van der Waals surface area contributed by atoms with E-state index in [4.69, 9.17) is 11.2 Å². The van der Waals surface area contributed by atoms with Crippen LogP contribution in [0.1, 0.15) is 40.2 Å². The summed E-state index contributed by atoms with van der Waals surface area (Å²) in [6, 6.07) is 8.58. The van der Waals surface area contributed by atoms with E-state index >= 15 is 0 Å². The van der Waals surface area contributed by atoms with Gasteiger partial charge in [-0.3, -0.25) is 4.78 Å². The molecule has 2 aliphatic rings. The number of nitrogens with zero attached hydrogens (tertiary/aromatic N) is 3. The molecule has 118 valence electrons. The first-order valence-corrected chi connectivity index (χ1v) is 9.73. The molecule has 0 N–H and O–H groups in total. The molecule has 1 atom stereocenters. The smallest absolute Gasteiger partial charge is 0.142 e. The highest BCUT2D eigenvalue weighted by Gasteiger charge is 2.44. The standard InChI is InChI=1S/C17H23ClN3P/c1-16(2,3)21-19-11-14(22(21)18)15-17(4,5)12-9-7-8-10-13(12)20(15)6/h7-11H,1-6H3/b15-14-. The van der Waals surface area contributed by atoms with Gasteiger partial charge in [0.1, 0.15) is 7.43 Å². The van der Waals surface area contributed by atoms with Crippen molar-refractivity contribution in [1.82, 2.24) is 4.78 Å². The van der Waals surface area contributed by atoms with Crippen molar-refractivity contribution in [2.75, 3.05) is 11.9 Å². The van der Waals surface area contributed by atoms with E-state index in [0.29, 0.717) is 0 Å². The molecule has 0 saturated carbocycles. The van der Waals surface area contributed by atoms with E-state index in [1.807, 2.05) is 11.0 Å². The highest BCUT2D eigenvalue weighted by atomic mass is 35.7. The number of likely N-dealkylation sites (N-methyl/N-ethyl adjacent to an activating group) is 1. The number of anilines is 1. The maximum atomic E-state index is 6.83. The van der Waals surface area contributed by atoms with E-state index in [1.165, 1.54) is 16.9 Å². The normalized spacial score (nSPS) is 26.8. The van der Waals surface area contributed by atoms with Crippen molar-refractivity contribution < 1.29 is 0 Å². The maximum Gasteiger partial charge on any atom is 0.142 e. The van der Waals surface area contributed by atoms with Gasteiger partial charge in [0.25, 0.3) is 0 Å². The number of benzene rings is 1. The first kappa shape index (κ1) is 15.8. The van der Waals surface area contributed by atoms with Crippen molar-refractivity contribution in [3.8, 4) is 0 Å². The third kappa shape index (κ3) is 2.18. The number of halogens is 1. The molecule has 3 nitrogen and oxygen atoms in total. The number of para-hydroxylation sites is 1. The fraction of sp³-hybridized carbons (Fsp3) is 0.471. The van der Waals surface area contributed by atoms with E-state index in [2.05, 4.69) is 75.9 Å². The molecule has 0 radical (unpaired) electrons. The Morgan fingerprint density at radius 3 is 2.36 bits per heavy atom. The van der Waals surface area contributed by atoms with Crippen LogP contribution in [-0.2, 0) is 5.41 Å². The molecule has 1 unspecified atom stereocenters. The number of allylic oxidation sites excluding steroid dienone is 2. The quantitative estimate of drug-likeness (QED) is 0.601. The summed E-state index contributed by atoms with van der Waals surface area (Å²) in [6.45, 7) is 11.0. The Balaban J connectivity index is 2.12. The summed E-state index contributed by atoms with van der Waals surface area (Å²) in [6.07, 6.45) is 1.96. The lowest BCUT2D eigenvalue weighted by Gasteiger charge is -2.34. The zero-order valence-electron chi connectivity index (χ0n) is 14.1. The van der Waals surface area contributed by atoms with E-state index in [0.717, 1.165) is 5.31 Å². The van der Waals surface area contributed by atoms with Crippen LogP contribution >= 0.6 is 18.7 Å². The zero-order valence-corrected chi connectivity index (χ0v) is 15.7. The largest absolute Gasteiger partial charge is 0.346 e. The molecule has 22 heavy (non-hydrogen) atoms. The first-order chi connectivity index (χ1) is 10.2. The first-order valence-electron chi connectivity index (χ1n) is 7.53. The van der Waals surface area contributed by atoms with E-state index in [9.17, 15) is 0 Å². The Morgan fingerprint density at radius 1 is 1.18 bits per heavy atom. The minimum Gasteiger partial charge on any atom is -0.346 e. The van der Waals surface area contributed by atoms with Crippen molar-refractivity contribution in [2.24, 2.45) is 5.10 Å². The predicted octanol–water partition coefficient (Wildman–Crippen LogP) is 5.28. The second-order valence-corrected chi connectivity index (χ2v) is 9.74. The third-order valence-electron chi connectivity index (χ3n) is 4.36. The van der Waals surface area contributed by atoms with Crippen LogP contribution in [-0.4, -0.2) is 23.6 Å². The molecule has 3 rings (SSSR count). The van der Waals surface area contributed by atoms with Crippen molar-refractivity contribution in [3.05, 3.63) is 40.8 Å². The van der Waals surface area contributed by atoms with Gasteiger partial charge in [-0.05, 0) is 32.4 Å². The molecule has 0 aliphatic carbocycles. The summed E-state index contributed by atoms with van der Waals surface area (Å²) in [7, 11) is 1.17. The molecular formula is C17H23ClN3P. The lowest BCUT2D eigenvalue weighted by molar-refractivity contribution is 0.283. The fourth-order valence-corrected chi connectivity index (χ4v) is 6.14. The Kier molecular flexibility index (Phi) is 3.58. The molecule has 0 fully saturated rings. The number of rotatable bonds is 0. The Hall–Kier alpha value is -1.05. The SMILES string of the molecule is CN1/C(=C2/C=NN(C(C)(C)C)P2Cl)C(C)(C)c2ccccc21. The molecule has 5 heteroatoms. The van der Waals surface area contributed by atoms with Gasteiger partial charge in [0.05, 0.1) is 17.1 Å². The zero-order chi connectivity index (χ0) is 16.3. The molecule has 2 aliphatic heterocycles. The topological polar surface area (TPSA) is 18.8 Å². The van der Waals surface area contributed by atoms with Gasteiger partial charge in [-0.15, -0.1) is 0 Å². The van der Waals surface area contributed by atoms with Crippen LogP contribution < -0.4 is 4.90 Å². The molecule has 0 aromatic heterocycles. The second kappa shape index (κ2) is 4.97. The van der Waals surface area contributed by atoms with Crippen molar-refractivity contribution in [3.63, 3.8) is 0 Å². The van der Waals surface area contributed by atoms with Gasteiger partial charge in [-0.2, -0.15) is 5.10 Å². The summed E-state index contributed by atoms with van der Waals surface area (Å²) in [5.74, 6) is 0. The van der Waals surface area contributed by atoms with E-state index in [-0.39, 0.29) is 11.0 Å². The molecule has 0 amide bonds. The molecule has 0 saturated heterocycles. The highest BCUT2D eigenvalue weighted by molar-refractivity contribution is 7.86. The number of hydrazone groups is 1. The summed E-state index contributed by atoms with van der Waals surface area (Å²) in [5.41, 5.74) is 3.75. The van der Waals surface area contributed by atoms with E-state index in [1.54, 1.807) is 0 Å². The fourth-order valence-electron chi connectivity index (χ4n) is 3.34. The third-order valence-corrected chi connectivity index (χ3v) is 7.10. The van der Waals surface area contributed by atoms with Crippen molar-refractivity contribution in [1.29, 1.82) is 0 Å². The van der Waals surface area contributed by atoms with E-state index < -0.39 is 7.43 Å². The molecule has 0 spiro atoms. The van der Waals surface area contributed by atoms with Crippen LogP contribution in [0, 0.1) is 0 Å². The van der Waals surface area contributed by atoms with Crippen LogP contribution in [0.25, 0.3) is 0 Å². The minimum atomic E-state index is -0.957. The monoisotopic (exact) mass is 335 g/mol. The predicted molar refractivity (Wildman–Crippen MR) is 97.8 cm³/mol. The summed E-state index contributed by atoms with van der Waals surface area (Å²) < 4.78 is 2.04. The van der Waals surface area contributed by atoms with Crippen LogP contribution in [0.4, 0.5) is 5.69 Å². The van der Waals surface area contributed by atoms with Gasteiger partial charge in [-0.25, -0.2) is 0 Å². The Labute approximate surface area is 139 Å². The van der Waals surface area contributed by atoms with Crippen molar-refractivity contribution >= 4 is 30.6 Å². The molecular weight excluding hydrogens is 313 g/mol. The highest BCUT2D eigenvalue weighted by Crippen LogP contribution is 2.63. The minimum absolute atomic E-state index is 0.0595. The second-order valence-electron chi connectivity index (χ2n) is 7.40. The molecule has 1 aromatic rings. The Morgan fingerprint density at radius 2 is 1.82 bits per heavy atom. The van der Waals surface area contributed by atoms with Gasteiger partial charge >= 0.3 is 0 Å². The van der Waals surface area contributed by atoms with Crippen LogP contribution in [0.15, 0.2) is 40.4 Å². The van der Waals surface area contributed by atoms with Crippen LogP contribution in [0.5, 0.6) is 0 Å². The van der Waals surface area contributed by atoms with Gasteiger partial charge < -0.3 is 4.90 Å². The Bertz CT molecular complexity index is 673. The molecule has 1 aromatic carbocycles. The summed E-state index contributed by atoms with van der Waals surface area (Å²) >= 11 is 6.83. The van der Waals surface area contributed by atoms with Gasteiger partial charge in [0.2, 0.25) is 0 Å². The molecule has 2 heterocycles. The number of hydrogen-bond acceptors (Lipinski definition) is 3. The van der Waals surface area contributed by atoms with Crippen LogP contribution in [0.3, 0.4) is 0 Å². The lowest BCUT2D eigenvalue weighted by atomic mass is 9.84. The lowest BCUT2D eigenvalue weighted by Crippen LogP contribution is -2.31. The maximum absolute atomic E-state index is 6.83. The average molecular weight is 336 g/mol. The summed E-state index contributed by atoms with van der Waals surface area (Å²) in [4.78, 5) is 2.28. The van der Waals surface area contributed by atoms with Crippen molar-refractivity contribution in [2.45, 2.75) is 45.6 Å². The average Bonchev–Trinajstić information content (AvgIpc) is 2.88. The van der Waals surface area contributed by atoms with Gasteiger partial charge in [0.15, 0.2) is 0 Å². The number of fused-ring (bicyclic) bond motifs is 1. The van der Waals surface area contributed by atoms with Gasteiger partial charge in [-0.1, -0.05) is 43.3 Å².